The van der Waals surface area contributed by atoms with Gasteiger partial charge < -0.3 is 20.1 Å². The lowest BCUT2D eigenvalue weighted by atomic mass is 10.1. The Labute approximate surface area is 382 Å². The van der Waals surface area contributed by atoms with E-state index in [2.05, 4.69) is 16.7 Å². The average Bonchev–Trinajstić information content (AvgIpc) is 3.92. The molecule has 0 atom stereocenters. The number of hydrogen-bond donors (Lipinski definition) is 2. The van der Waals surface area contributed by atoms with Crippen molar-refractivity contribution in [2.75, 3.05) is 10.6 Å². The number of carbonyl (C=O) groups excluding carboxylic acids is 2. The molecule has 0 unspecified atom stereocenters. The SMILES string of the molecule is N#Cc1ccc(NC(=O)c2c(OCc3ccccc3)c(-c3ccccc3)nn2Cc2ccccc2)c(NC(=O)c2c(OCc3ccccc3)c(-c3ccccc3)nn2Cc2ccccc2)c1. The molecule has 0 aliphatic rings. The summed E-state index contributed by atoms with van der Waals surface area (Å²) in [5, 5.41) is 26.2. The van der Waals surface area contributed by atoms with E-state index in [9.17, 15) is 10.1 Å². The van der Waals surface area contributed by atoms with Crippen LogP contribution in [0, 0.1) is 11.3 Å². The molecule has 9 rings (SSSR count). The zero-order valence-electron chi connectivity index (χ0n) is 35.8. The number of nitrogens with zero attached hydrogens (tertiary/aromatic N) is 5. The van der Waals surface area contributed by atoms with Gasteiger partial charge in [0.15, 0.2) is 22.9 Å². The largest absolute Gasteiger partial charge is 0.484 e. The molecule has 7 aromatic carbocycles. The molecular weight excluding hydrogens is 823 g/mol. The fourth-order valence-corrected chi connectivity index (χ4v) is 7.57. The second kappa shape index (κ2) is 20.0. The molecule has 0 spiro atoms. The minimum Gasteiger partial charge on any atom is -0.484 e. The van der Waals surface area contributed by atoms with Gasteiger partial charge in [-0.2, -0.15) is 15.5 Å². The van der Waals surface area contributed by atoms with Crippen molar-refractivity contribution in [1.29, 1.82) is 5.26 Å². The lowest BCUT2D eigenvalue weighted by Crippen LogP contribution is -2.22. The van der Waals surface area contributed by atoms with Crippen LogP contribution in [0.3, 0.4) is 0 Å². The molecule has 0 aliphatic heterocycles. The average molecular weight is 866 g/mol. The van der Waals surface area contributed by atoms with Crippen molar-refractivity contribution in [1.82, 2.24) is 19.6 Å². The van der Waals surface area contributed by atoms with Gasteiger partial charge >= 0.3 is 0 Å². The Balaban J connectivity index is 1.12. The number of aromatic nitrogens is 4. The first-order valence-electron chi connectivity index (χ1n) is 21.4. The second-order valence-corrected chi connectivity index (χ2v) is 15.4. The van der Waals surface area contributed by atoms with Gasteiger partial charge in [0.25, 0.3) is 11.8 Å². The van der Waals surface area contributed by atoms with Crippen molar-refractivity contribution >= 4 is 23.2 Å². The minimum atomic E-state index is -0.568. The number of nitriles is 1. The molecule has 66 heavy (non-hydrogen) atoms. The van der Waals surface area contributed by atoms with Gasteiger partial charge in [-0.1, -0.05) is 182 Å². The number of amides is 2. The predicted molar refractivity (Wildman–Crippen MR) is 255 cm³/mol. The highest BCUT2D eigenvalue weighted by Gasteiger charge is 2.30. The highest BCUT2D eigenvalue weighted by atomic mass is 16.5. The number of rotatable bonds is 16. The number of nitrogens with one attached hydrogen (secondary N) is 2. The molecule has 322 valence electrons. The van der Waals surface area contributed by atoms with E-state index in [1.165, 1.54) is 6.07 Å². The first-order chi connectivity index (χ1) is 32.5. The van der Waals surface area contributed by atoms with Crippen LogP contribution >= 0.6 is 0 Å². The Morgan fingerprint density at radius 2 is 0.833 bits per heavy atom. The molecule has 0 fully saturated rings. The molecule has 0 aliphatic carbocycles. The quantitative estimate of drug-likeness (QED) is 0.0987. The molecule has 0 bridgehead atoms. The molecule has 9 aromatic rings. The summed E-state index contributed by atoms with van der Waals surface area (Å²) in [6.07, 6.45) is 0. The Kier molecular flexibility index (Phi) is 12.8. The lowest BCUT2D eigenvalue weighted by Gasteiger charge is -2.16. The van der Waals surface area contributed by atoms with Crippen LogP contribution in [-0.4, -0.2) is 31.4 Å². The van der Waals surface area contributed by atoms with Crippen LogP contribution in [0.25, 0.3) is 22.5 Å². The van der Waals surface area contributed by atoms with Gasteiger partial charge in [0, 0.05) is 11.1 Å². The standard InChI is InChI=1S/C55H43N7O4/c56-34-43-31-32-46(57-54(63)50-52(65-37-41-23-11-3-12-24-41)48(44-27-15-5-16-28-44)59-61(50)35-39-19-7-1-8-20-39)47(33-43)58-55(64)51-53(66-38-42-25-13-4-14-26-42)49(45-29-17-6-18-30-45)60-62(51)36-40-21-9-2-10-22-40/h1-33H,35-38H2,(H,57,63)(H,58,64). The van der Waals surface area contributed by atoms with E-state index in [0.29, 0.717) is 11.4 Å². The van der Waals surface area contributed by atoms with E-state index >= 15 is 4.79 Å². The molecule has 2 N–H and O–H groups in total. The number of anilines is 2. The highest BCUT2D eigenvalue weighted by molar-refractivity contribution is 6.11. The lowest BCUT2D eigenvalue weighted by molar-refractivity contribution is 0.0997. The Morgan fingerprint density at radius 3 is 1.23 bits per heavy atom. The number of hydrogen-bond acceptors (Lipinski definition) is 7. The first-order valence-corrected chi connectivity index (χ1v) is 21.4. The minimum absolute atomic E-state index is 0.151. The summed E-state index contributed by atoms with van der Waals surface area (Å²) in [5.74, 6) is -0.548. The number of benzene rings is 7. The van der Waals surface area contributed by atoms with Gasteiger partial charge in [0.1, 0.15) is 24.6 Å². The van der Waals surface area contributed by atoms with Gasteiger partial charge in [0.2, 0.25) is 0 Å². The van der Waals surface area contributed by atoms with Crippen molar-refractivity contribution in [3.63, 3.8) is 0 Å². The van der Waals surface area contributed by atoms with Gasteiger partial charge in [0.05, 0.1) is 36.1 Å². The topological polar surface area (TPSA) is 136 Å². The Bertz CT molecular complexity index is 3120. The molecule has 2 aromatic heterocycles. The summed E-state index contributed by atoms with van der Waals surface area (Å²) in [6.45, 7) is 0.850. The maximum absolute atomic E-state index is 15.0. The summed E-state index contributed by atoms with van der Waals surface area (Å²) in [4.78, 5) is 30.0. The van der Waals surface area contributed by atoms with E-state index in [4.69, 9.17) is 19.7 Å². The predicted octanol–water partition coefficient (Wildman–Crippen LogP) is 11.0. The van der Waals surface area contributed by atoms with E-state index < -0.39 is 11.8 Å². The summed E-state index contributed by atoms with van der Waals surface area (Å²) < 4.78 is 16.4. The Morgan fingerprint density at radius 1 is 0.470 bits per heavy atom. The fourth-order valence-electron chi connectivity index (χ4n) is 7.57. The smallest absolute Gasteiger partial charge is 0.277 e. The Hall–Kier alpha value is -9.01. The van der Waals surface area contributed by atoms with Crippen LogP contribution in [0.4, 0.5) is 11.4 Å². The summed E-state index contributed by atoms with van der Waals surface area (Å²) >= 11 is 0. The number of ether oxygens (including phenoxy) is 2. The molecule has 11 heteroatoms. The zero-order valence-corrected chi connectivity index (χ0v) is 35.8. The third-order valence-corrected chi connectivity index (χ3v) is 10.8. The molecule has 0 radical (unpaired) electrons. The first kappa shape index (κ1) is 42.3. The maximum atomic E-state index is 15.0. The van der Waals surface area contributed by atoms with Gasteiger partial charge in [-0.15, -0.1) is 0 Å². The van der Waals surface area contributed by atoms with Crippen LogP contribution in [0.2, 0.25) is 0 Å². The number of carbonyl (C=O) groups is 2. The highest BCUT2D eigenvalue weighted by Crippen LogP contribution is 2.37. The van der Waals surface area contributed by atoms with E-state index in [0.717, 1.165) is 33.4 Å². The van der Waals surface area contributed by atoms with Gasteiger partial charge in [-0.3, -0.25) is 19.0 Å². The zero-order chi connectivity index (χ0) is 45.1. The second-order valence-electron chi connectivity index (χ2n) is 15.4. The summed E-state index contributed by atoms with van der Waals surface area (Å²) in [5.41, 5.74) is 7.13. The van der Waals surface area contributed by atoms with E-state index in [-0.39, 0.29) is 66.1 Å². The van der Waals surface area contributed by atoms with Crippen molar-refractivity contribution in [3.8, 4) is 40.1 Å². The maximum Gasteiger partial charge on any atom is 0.277 e. The summed E-state index contributed by atoms with van der Waals surface area (Å²) in [7, 11) is 0. The van der Waals surface area contributed by atoms with Crippen LogP contribution in [0.1, 0.15) is 48.8 Å². The molecule has 0 saturated heterocycles. The van der Waals surface area contributed by atoms with E-state index in [1.807, 2.05) is 182 Å². The van der Waals surface area contributed by atoms with Gasteiger partial charge in [-0.25, -0.2) is 0 Å². The molecule has 2 amide bonds. The van der Waals surface area contributed by atoms with Crippen LogP contribution in [-0.2, 0) is 26.3 Å². The molecule has 2 heterocycles. The van der Waals surface area contributed by atoms with Crippen molar-refractivity contribution in [2.45, 2.75) is 26.3 Å². The third kappa shape index (κ3) is 9.78. The van der Waals surface area contributed by atoms with Crippen LogP contribution < -0.4 is 20.1 Å². The van der Waals surface area contributed by atoms with Crippen molar-refractivity contribution < 1.29 is 19.1 Å². The molecule has 11 nitrogen and oxygen atoms in total. The van der Waals surface area contributed by atoms with Gasteiger partial charge in [-0.05, 0) is 40.5 Å². The molecular formula is C55H43N7O4. The molecule has 0 saturated carbocycles. The fraction of sp³-hybridized carbons (Fsp3) is 0.0727. The monoisotopic (exact) mass is 865 g/mol. The van der Waals surface area contributed by atoms with Crippen molar-refractivity contribution in [3.05, 3.63) is 239 Å². The summed E-state index contributed by atoms with van der Waals surface area (Å²) in [6, 6.07) is 64.8. The van der Waals surface area contributed by atoms with Crippen LogP contribution in [0.5, 0.6) is 11.5 Å². The normalized spacial score (nSPS) is 10.8. The van der Waals surface area contributed by atoms with E-state index in [1.54, 1.807) is 21.5 Å². The van der Waals surface area contributed by atoms with Crippen LogP contribution in [0.15, 0.2) is 200 Å². The van der Waals surface area contributed by atoms with Crippen molar-refractivity contribution in [2.24, 2.45) is 0 Å². The third-order valence-electron chi connectivity index (χ3n) is 10.8.